The first-order valence-electron chi connectivity index (χ1n) is 7.94. The molecule has 5 heteroatoms. The molecule has 1 amide bonds. The molecule has 0 radical (unpaired) electrons. The summed E-state index contributed by atoms with van der Waals surface area (Å²) in [7, 11) is 0. The van der Waals surface area contributed by atoms with E-state index in [4.69, 9.17) is 0 Å². The molecule has 3 nitrogen and oxygen atoms in total. The minimum atomic E-state index is -0.464. The van der Waals surface area contributed by atoms with E-state index in [1.54, 1.807) is 0 Å². The van der Waals surface area contributed by atoms with Crippen molar-refractivity contribution in [2.24, 2.45) is 5.92 Å². The largest absolute Gasteiger partial charge is 0.396 e. The molecule has 2 N–H and O–H groups in total. The molecule has 2 rings (SSSR count). The molecule has 1 saturated carbocycles. The number of halogens is 2. The zero-order valence-corrected chi connectivity index (χ0v) is 12.7. The fourth-order valence-corrected chi connectivity index (χ4v) is 3.07. The highest BCUT2D eigenvalue weighted by Crippen LogP contribution is 2.24. The average Bonchev–Trinajstić information content (AvgIpc) is 2.51. The van der Waals surface area contributed by atoms with Crippen molar-refractivity contribution in [2.45, 2.75) is 51.0 Å². The molecule has 2 atom stereocenters. The van der Waals surface area contributed by atoms with Crippen molar-refractivity contribution in [3.05, 3.63) is 35.4 Å². The van der Waals surface area contributed by atoms with Gasteiger partial charge < -0.3 is 10.4 Å². The second-order valence-electron chi connectivity index (χ2n) is 5.99. The van der Waals surface area contributed by atoms with Gasteiger partial charge in [-0.05, 0) is 49.4 Å². The second kappa shape index (κ2) is 8.22. The standard InChI is InChI=1S/C17H23F2NO2/c18-14-8-9-15(19)12(10-14)5-3-7-17(22)20-16-6-2-1-4-13(16)11-21/h8-10,13,16,21H,1-7,11H2,(H,20,22). The second-order valence-corrected chi connectivity index (χ2v) is 5.99. The number of hydrogen-bond acceptors (Lipinski definition) is 2. The molecule has 2 unspecified atom stereocenters. The molecular weight excluding hydrogens is 288 g/mol. The van der Waals surface area contributed by atoms with Crippen LogP contribution in [0.2, 0.25) is 0 Å². The molecule has 1 aliphatic carbocycles. The Labute approximate surface area is 129 Å². The summed E-state index contributed by atoms with van der Waals surface area (Å²) in [6.45, 7) is 0.0967. The highest BCUT2D eigenvalue weighted by atomic mass is 19.1. The van der Waals surface area contributed by atoms with Gasteiger partial charge in [-0.1, -0.05) is 12.8 Å². The van der Waals surface area contributed by atoms with Gasteiger partial charge in [0.1, 0.15) is 11.6 Å². The van der Waals surface area contributed by atoms with Crippen LogP contribution in [0.4, 0.5) is 8.78 Å². The normalized spacial score (nSPS) is 21.6. The van der Waals surface area contributed by atoms with Crippen molar-refractivity contribution in [3.8, 4) is 0 Å². The Bertz CT molecular complexity index is 507. The Morgan fingerprint density at radius 3 is 2.82 bits per heavy atom. The number of aliphatic hydroxyl groups excluding tert-OH is 1. The molecule has 1 aromatic carbocycles. The maximum atomic E-state index is 13.5. The first-order valence-corrected chi connectivity index (χ1v) is 7.94. The van der Waals surface area contributed by atoms with E-state index in [9.17, 15) is 18.7 Å². The van der Waals surface area contributed by atoms with E-state index < -0.39 is 11.6 Å². The molecular formula is C17H23F2NO2. The topological polar surface area (TPSA) is 49.3 Å². The first-order chi connectivity index (χ1) is 10.6. The Morgan fingerprint density at radius 2 is 2.05 bits per heavy atom. The van der Waals surface area contributed by atoms with Crippen LogP contribution in [0.3, 0.4) is 0 Å². The van der Waals surface area contributed by atoms with Crippen molar-refractivity contribution in [2.75, 3.05) is 6.61 Å². The average molecular weight is 311 g/mol. The maximum Gasteiger partial charge on any atom is 0.220 e. The monoisotopic (exact) mass is 311 g/mol. The lowest BCUT2D eigenvalue weighted by molar-refractivity contribution is -0.122. The lowest BCUT2D eigenvalue weighted by atomic mass is 9.85. The van der Waals surface area contributed by atoms with Crippen LogP contribution in [0.25, 0.3) is 0 Å². The predicted octanol–water partition coefficient (Wildman–Crippen LogP) is 2.95. The van der Waals surface area contributed by atoms with Crippen LogP contribution in [-0.2, 0) is 11.2 Å². The molecule has 1 aromatic rings. The summed E-state index contributed by atoms with van der Waals surface area (Å²) in [6.07, 6.45) is 5.09. The molecule has 0 aliphatic heterocycles. The zero-order valence-electron chi connectivity index (χ0n) is 12.7. The fraction of sp³-hybridized carbons (Fsp3) is 0.588. The third-order valence-electron chi connectivity index (χ3n) is 4.35. The van der Waals surface area contributed by atoms with Crippen LogP contribution in [0.15, 0.2) is 18.2 Å². The Balaban J connectivity index is 1.76. The number of aryl methyl sites for hydroxylation is 1. The van der Waals surface area contributed by atoms with E-state index in [2.05, 4.69) is 5.32 Å². The van der Waals surface area contributed by atoms with Crippen LogP contribution < -0.4 is 5.32 Å². The number of hydrogen-bond donors (Lipinski definition) is 2. The van der Waals surface area contributed by atoms with E-state index in [1.165, 1.54) is 6.07 Å². The molecule has 0 bridgehead atoms. The van der Waals surface area contributed by atoms with Crippen molar-refractivity contribution in [1.29, 1.82) is 0 Å². The highest BCUT2D eigenvalue weighted by Gasteiger charge is 2.25. The summed E-state index contributed by atoms with van der Waals surface area (Å²) in [5.74, 6) is -0.844. The Morgan fingerprint density at radius 1 is 1.27 bits per heavy atom. The van der Waals surface area contributed by atoms with Crippen LogP contribution >= 0.6 is 0 Å². The zero-order chi connectivity index (χ0) is 15.9. The number of carbonyl (C=O) groups is 1. The molecule has 0 spiro atoms. The van der Waals surface area contributed by atoms with Gasteiger partial charge in [-0.15, -0.1) is 0 Å². The van der Waals surface area contributed by atoms with Crippen molar-refractivity contribution in [1.82, 2.24) is 5.32 Å². The summed E-state index contributed by atoms with van der Waals surface area (Å²) in [5.41, 5.74) is 0.304. The number of aliphatic hydroxyl groups is 1. The van der Waals surface area contributed by atoms with Crippen LogP contribution in [0.1, 0.15) is 44.1 Å². The Hall–Kier alpha value is -1.49. The molecule has 0 saturated heterocycles. The van der Waals surface area contributed by atoms with Crippen molar-refractivity contribution >= 4 is 5.91 Å². The third kappa shape index (κ3) is 4.77. The number of benzene rings is 1. The van der Waals surface area contributed by atoms with Gasteiger partial charge in [-0.2, -0.15) is 0 Å². The van der Waals surface area contributed by atoms with E-state index in [1.807, 2.05) is 0 Å². The van der Waals surface area contributed by atoms with Gasteiger partial charge in [-0.3, -0.25) is 4.79 Å². The predicted molar refractivity (Wildman–Crippen MR) is 80.3 cm³/mol. The van der Waals surface area contributed by atoms with Gasteiger partial charge in [0.15, 0.2) is 0 Å². The summed E-state index contributed by atoms with van der Waals surface area (Å²) in [4.78, 5) is 12.0. The molecule has 122 valence electrons. The van der Waals surface area contributed by atoms with Crippen LogP contribution in [-0.4, -0.2) is 23.7 Å². The molecule has 1 aliphatic rings. The lowest BCUT2D eigenvalue weighted by Gasteiger charge is -2.30. The SMILES string of the molecule is O=C(CCCc1cc(F)ccc1F)NC1CCCCC1CO. The lowest BCUT2D eigenvalue weighted by Crippen LogP contribution is -2.43. The maximum absolute atomic E-state index is 13.5. The first kappa shape index (κ1) is 16.9. The van der Waals surface area contributed by atoms with Crippen LogP contribution in [0, 0.1) is 17.6 Å². The number of rotatable bonds is 6. The van der Waals surface area contributed by atoms with E-state index in [0.717, 1.165) is 37.8 Å². The van der Waals surface area contributed by atoms with Gasteiger partial charge in [0.05, 0.1) is 0 Å². The molecule has 1 fully saturated rings. The number of amides is 1. The molecule has 0 heterocycles. The molecule has 0 aromatic heterocycles. The quantitative estimate of drug-likeness (QED) is 0.848. The van der Waals surface area contributed by atoms with Gasteiger partial charge in [0, 0.05) is 25.0 Å². The number of nitrogens with one attached hydrogen (secondary N) is 1. The van der Waals surface area contributed by atoms with Crippen molar-refractivity contribution in [3.63, 3.8) is 0 Å². The summed E-state index contributed by atoms with van der Waals surface area (Å²) in [5, 5.41) is 12.3. The fourth-order valence-electron chi connectivity index (χ4n) is 3.07. The third-order valence-corrected chi connectivity index (χ3v) is 4.35. The van der Waals surface area contributed by atoms with Gasteiger partial charge >= 0.3 is 0 Å². The van der Waals surface area contributed by atoms with Gasteiger partial charge in [0.2, 0.25) is 5.91 Å². The van der Waals surface area contributed by atoms with E-state index in [-0.39, 0.29) is 30.9 Å². The summed E-state index contributed by atoms with van der Waals surface area (Å²) >= 11 is 0. The minimum Gasteiger partial charge on any atom is -0.396 e. The Kier molecular flexibility index (Phi) is 6.31. The summed E-state index contributed by atoms with van der Waals surface area (Å²) < 4.78 is 26.5. The number of carbonyl (C=O) groups excluding carboxylic acids is 1. The van der Waals surface area contributed by atoms with Crippen LogP contribution in [0.5, 0.6) is 0 Å². The van der Waals surface area contributed by atoms with E-state index >= 15 is 0 Å². The smallest absolute Gasteiger partial charge is 0.220 e. The van der Waals surface area contributed by atoms with Gasteiger partial charge in [-0.25, -0.2) is 8.78 Å². The minimum absolute atomic E-state index is 0.0390. The van der Waals surface area contributed by atoms with E-state index in [0.29, 0.717) is 18.4 Å². The summed E-state index contributed by atoms with van der Waals surface area (Å²) in [6, 6.07) is 3.41. The van der Waals surface area contributed by atoms with Crippen molar-refractivity contribution < 1.29 is 18.7 Å². The molecule has 22 heavy (non-hydrogen) atoms. The highest BCUT2D eigenvalue weighted by molar-refractivity contribution is 5.76. The van der Waals surface area contributed by atoms with Gasteiger partial charge in [0.25, 0.3) is 0 Å².